The summed E-state index contributed by atoms with van der Waals surface area (Å²) < 4.78 is 5.92. The smallest absolute Gasteiger partial charge is 0.164 e. The molecule has 0 aliphatic carbocycles. The Balaban J connectivity index is 0.00000117. The molecule has 26 heavy (non-hydrogen) atoms. The lowest BCUT2D eigenvalue weighted by molar-refractivity contribution is 0.473. The maximum absolute atomic E-state index is 9.95. The standard InChI is InChI=1S/C17H14Cl2NO3P.C2H6/c18-13-7-10(20-9-24-22)8-14(19)17(13)23-16-6-5-15(21)11-3-1-2-4-12(11)16;1-2/h1-8,20-22,24H,9H2;1-2H3. The Hall–Kier alpha value is -1.71. The maximum Gasteiger partial charge on any atom is 0.164 e. The largest absolute Gasteiger partial charge is 0.507 e. The summed E-state index contributed by atoms with van der Waals surface area (Å²) in [5.74, 6) is 1.07. The Morgan fingerprint density at radius 2 is 1.62 bits per heavy atom. The van der Waals surface area contributed by atoms with Crippen molar-refractivity contribution in [3.8, 4) is 17.2 Å². The van der Waals surface area contributed by atoms with Gasteiger partial charge in [-0.15, -0.1) is 0 Å². The van der Waals surface area contributed by atoms with E-state index in [1.54, 1.807) is 24.3 Å². The summed E-state index contributed by atoms with van der Waals surface area (Å²) >= 11 is 12.6. The molecule has 3 N–H and O–H groups in total. The molecule has 0 radical (unpaired) electrons. The van der Waals surface area contributed by atoms with Crippen LogP contribution in [0.25, 0.3) is 10.8 Å². The van der Waals surface area contributed by atoms with Gasteiger partial charge in [0.25, 0.3) is 0 Å². The molecule has 1 atom stereocenters. The minimum absolute atomic E-state index is 0.180. The molecular formula is C19H20Cl2NO3P. The Morgan fingerprint density at radius 1 is 1.00 bits per heavy atom. The van der Waals surface area contributed by atoms with Gasteiger partial charge in [0.2, 0.25) is 0 Å². The van der Waals surface area contributed by atoms with E-state index in [-0.39, 0.29) is 14.6 Å². The van der Waals surface area contributed by atoms with Crippen molar-refractivity contribution in [3.63, 3.8) is 0 Å². The molecule has 1 unspecified atom stereocenters. The Bertz CT molecular complexity index is 867. The predicted octanol–water partition coefficient (Wildman–Crippen LogP) is 6.63. The third-order valence-corrected chi connectivity index (χ3v) is 4.34. The molecule has 0 aromatic heterocycles. The lowest BCUT2D eigenvalue weighted by Gasteiger charge is -2.14. The lowest BCUT2D eigenvalue weighted by atomic mass is 10.1. The number of hydrogen-bond donors (Lipinski definition) is 3. The van der Waals surface area contributed by atoms with Crippen molar-refractivity contribution in [3.05, 3.63) is 58.6 Å². The van der Waals surface area contributed by atoms with Crippen LogP contribution in [0.5, 0.6) is 17.2 Å². The van der Waals surface area contributed by atoms with E-state index >= 15 is 0 Å². The van der Waals surface area contributed by atoms with E-state index in [1.807, 2.05) is 38.1 Å². The van der Waals surface area contributed by atoms with E-state index in [2.05, 4.69) is 5.32 Å². The third kappa shape index (κ3) is 4.72. The van der Waals surface area contributed by atoms with Crippen molar-refractivity contribution < 1.29 is 14.7 Å². The first-order valence-electron chi connectivity index (χ1n) is 8.08. The fourth-order valence-electron chi connectivity index (χ4n) is 2.36. The second kappa shape index (κ2) is 9.84. The molecule has 3 rings (SSSR count). The molecule has 0 bridgehead atoms. The van der Waals surface area contributed by atoms with Crippen LogP contribution < -0.4 is 10.1 Å². The molecule has 0 saturated heterocycles. The van der Waals surface area contributed by atoms with Crippen LogP contribution in [0.2, 0.25) is 10.0 Å². The van der Waals surface area contributed by atoms with E-state index in [4.69, 9.17) is 32.8 Å². The number of ether oxygens (including phenoxy) is 1. The zero-order valence-electron chi connectivity index (χ0n) is 14.4. The first-order chi connectivity index (χ1) is 12.6. The average molecular weight is 412 g/mol. The summed E-state index contributed by atoms with van der Waals surface area (Å²) in [4.78, 5) is 8.89. The SMILES string of the molecule is CC.OPCNc1cc(Cl)c(Oc2ccc(O)c3ccccc23)c(Cl)c1. The zero-order valence-corrected chi connectivity index (χ0v) is 16.9. The van der Waals surface area contributed by atoms with Crippen LogP contribution in [-0.2, 0) is 0 Å². The van der Waals surface area contributed by atoms with Crippen molar-refractivity contribution in [1.29, 1.82) is 0 Å². The normalized spacial score (nSPS) is 10.7. The Kier molecular flexibility index (Phi) is 7.80. The van der Waals surface area contributed by atoms with Crippen LogP contribution in [0, 0.1) is 0 Å². The monoisotopic (exact) mass is 411 g/mol. The molecule has 4 nitrogen and oxygen atoms in total. The summed E-state index contributed by atoms with van der Waals surface area (Å²) in [5.41, 5.74) is 0.703. The molecule has 0 amide bonds. The van der Waals surface area contributed by atoms with Crippen molar-refractivity contribution in [2.75, 3.05) is 11.6 Å². The third-order valence-electron chi connectivity index (χ3n) is 3.44. The minimum Gasteiger partial charge on any atom is -0.507 e. The highest BCUT2D eigenvalue weighted by Crippen LogP contribution is 2.42. The molecule has 3 aromatic rings. The number of anilines is 1. The Morgan fingerprint density at radius 3 is 2.23 bits per heavy atom. The second-order valence-corrected chi connectivity index (χ2v) is 6.50. The molecule has 0 heterocycles. The van der Waals surface area contributed by atoms with Gasteiger partial charge in [0.05, 0.1) is 16.3 Å². The number of aromatic hydroxyl groups is 1. The van der Waals surface area contributed by atoms with Gasteiger partial charge in [-0.2, -0.15) is 0 Å². The second-order valence-electron chi connectivity index (χ2n) is 5.01. The van der Waals surface area contributed by atoms with Gasteiger partial charge in [0.15, 0.2) is 5.75 Å². The number of phenols is 1. The number of fused-ring (bicyclic) bond motifs is 1. The molecule has 0 fully saturated rings. The van der Waals surface area contributed by atoms with Gasteiger partial charge in [-0.1, -0.05) is 61.3 Å². The molecule has 3 aromatic carbocycles. The van der Waals surface area contributed by atoms with Crippen LogP contribution >= 0.6 is 32.0 Å². The fourth-order valence-corrected chi connectivity index (χ4v) is 3.20. The number of rotatable bonds is 5. The predicted molar refractivity (Wildman–Crippen MR) is 113 cm³/mol. The number of benzene rings is 3. The fraction of sp³-hybridized carbons (Fsp3) is 0.158. The minimum atomic E-state index is -0.213. The molecule has 0 aliphatic heterocycles. The highest BCUT2D eigenvalue weighted by atomic mass is 35.5. The average Bonchev–Trinajstić information content (AvgIpc) is 2.66. The molecule has 0 spiro atoms. The van der Waals surface area contributed by atoms with Gasteiger partial charge in [0, 0.05) is 25.3 Å². The summed E-state index contributed by atoms with van der Waals surface area (Å²) in [6, 6.07) is 14.0. The van der Waals surface area contributed by atoms with Gasteiger partial charge < -0.3 is 20.1 Å². The first-order valence-corrected chi connectivity index (χ1v) is 9.99. The van der Waals surface area contributed by atoms with E-state index < -0.39 is 0 Å². The summed E-state index contributed by atoms with van der Waals surface area (Å²) in [6.45, 7) is 4.00. The highest BCUT2D eigenvalue weighted by molar-refractivity contribution is 7.31. The van der Waals surface area contributed by atoms with Gasteiger partial charge in [0.1, 0.15) is 11.5 Å². The number of hydrogen-bond acceptors (Lipinski definition) is 4. The van der Waals surface area contributed by atoms with Crippen molar-refractivity contribution >= 4 is 48.5 Å². The van der Waals surface area contributed by atoms with Crippen molar-refractivity contribution in [2.45, 2.75) is 13.8 Å². The van der Waals surface area contributed by atoms with Crippen molar-refractivity contribution in [2.24, 2.45) is 0 Å². The van der Waals surface area contributed by atoms with Gasteiger partial charge >= 0.3 is 0 Å². The molecule has 138 valence electrons. The van der Waals surface area contributed by atoms with E-state index in [9.17, 15) is 5.11 Å². The topological polar surface area (TPSA) is 61.7 Å². The molecular weight excluding hydrogens is 392 g/mol. The van der Waals surface area contributed by atoms with Crippen LogP contribution in [0.1, 0.15) is 13.8 Å². The van der Waals surface area contributed by atoms with Crippen LogP contribution in [0.4, 0.5) is 5.69 Å². The Labute approximate surface area is 164 Å². The van der Waals surface area contributed by atoms with Crippen LogP contribution in [0.3, 0.4) is 0 Å². The summed E-state index contributed by atoms with van der Waals surface area (Å²) in [5, 5.41) is 15.1. The van der Waals surface area contributed by atoms with E-state index in [1.165, 1.54) is 0 Å². The number of halogens is 2. The van der Waals surface area contributed by atoms with Crippen LogP contribution in [-0.4, -0.2) is 16.3 Å². The molecule has 0 saturated carbocycles. The first kappa shape index (κ1) is 20.6. The molecule has 7 heteroatoms. The zero-order chi connectivity index (χ0) is 19.1. The number of phenolic OH excluding ortho intramolecular Hbond substituents is 1. The quantitative estimate of drug-likeness (QED) is 0.412. The van der Waals surface area contributed by atoms with Crippen molar-refractivity contribution in [1.82, 2.24) is 0 Å². The van der Waals surface area contributed by atoms with Gasteiger partial charge in [-0.3, -0.25) is 0 Å². The van der Waals surface area contributed by atoms with Gasteiger partial charge in [-0.05, 0) is 24.3 Å². The lowest BCUT2D eigenvalue weighted by Crippen LogP contribution is -1.96. The molecule has 0 aliphatic rings. The van der Waals surface area contributed by atoms with Crippen LogP contribution in [0.15, 0.2) is 48.5 Å². The summed E-state index contributed by atoms with van der Waals surface area (Å²) in [6.07, 6.45) is 0.426. The van der Waals surface area contributed by atoms with Gasteiger partial charge in [-0.25, -0.2) is 0 Å². The highest BCUT2D eigenvalue weighted by Gasteiger charge is 2.13. The van der Waals surface area contributed by atoms with E-state index in [0.29, 0.717) is 38.9 Å². The number of nitrogens with one attached hydrogen (secondary N) is 1. The maximum atomic E-state index is 9.95. The summed E-state index contributed by atoms with van der Waals surface area (Å²) in [7, 11) is -0.213. The van der Waals surface area contributed by atoms with E-state index in [0.717, 1.165) is 5.39 Å².